The molecule has 0 saturated heterocycles. The van der Waals surface area contributed by atoms with E-state index < -0.39 is 6.47 Å². The maximum atomic E-state index is 8.25. The van der Waals surface area contributed by atoms with Crippen LogP contribution in [-0.2, 0) is 4.79 Å². The summed E-state index contributed by atoms with van der Waals surface area (Å²) >= 11 is 0. The van der Waals surface area contributed by atoms with E-state index in [0.29, 0.717) is 0 Å². The number of unbranched alkanes of at least 4 members (excludes halogenated alkanes) is 16. The zero-order chi connectivity index (χ0) is 24.2. The highest BCUT2D eigenvalue weighted by atomic mass is 16.3. The first kappa shape index (κ1) is 33.6. The normalized spacial score (nSPS) is 11.2. The molecule has 194 valence electrons. The number of carboxylic acid groups (broad SMARTS) is 1. The number of quaternary nitrogens is 1. The lowest BCUT2D eigenvalue weighted by molar-refractivity contribution is -0.929. The van der Waals surface area contributed by atoms with Crippen molar-refractivity contribution in [3.8, 4) is 0 Å². The Balaban J connectivity index is 0. The largest absolute Gasteiger partial charge is 0.554 e. The van der Waals surface area contributed by atoms with Crippen molar-refractivity contribution in [3.05, 3.63) is 0 Å². The molecule has 0 aromatic rings. The molecule has 0 saturated carbocycles. The molecule has 0 aliphatic carbocycles. The van der Waals surface area contributed by atoms with Crippen LogP contribution in [0.3, 0.4) is 0 Å². The first-order chi connectivity index (χ1) is 15.7. The van der Waals surface area contributed by atoms with Crippen molar-refractivity contribution in [1.29, 1.82) is 0 Å². The third-order valence-corrected chi connectivity index (χ3v) is 6.94. The average molecular weight is 456 g/mol. The fourth-order valence-electron chi connectivity index (χ4n) is 4.79. The molecule has 3 nitrogen and oxygen atoms in total. The Hall–Kier alpha value is -0.570. The average Bonchev–Trinajstić information content (AvgIpc) is 2.80. The minimum atomic E-state index is -0.500. The van der Waals surface area contributed by atoms with Crippen molar-refractivity contribution in [2.75, 3.05) is 26.2 Å². The van der Waals surface area contributed by atoms with Gasteiger partial charge in [0.05, 0.1) is 26.2 Å². The SMILES string of the molecule is CCCCCCCCCCCCCCCC[N+](CCCC)(CCCC)CCCC.O=C[O-]. The van der Waals surface area contributed by atoms with Gasteiger partial charge in [0.2, 0.25) is 0 Å². The van der Waals surface area contributed by atoms with Gasteiger partial charge in [0.1, 0.15) is 0 Å². The van der Waals surface area contributed by atoms with Crippen molar-refractivity contribution in [3.63, 3.8) is 0 Å². The number of hydrogen-bond donors (Lipinski definition) is 0. The van der Waals surface area contributed by atoms with Gasteiger partial charge in [-0.15, -0.1) is 0 Å². The van der Waals surface area contributed by atoms with E-state index in [4.69, 9.17) is 9.90 Å². The van der Waals surface area contributed by atoms with Gasteiger partial charge in [-0.25, -0.2) is 0 Å². The highest BCUT2D eigenvalue weighted by molar-refractivity contribution is 5.29. The number of hydrogen-bond acceptors (Lipinski definition) is 2. The summed E-state index contributed by atoms with van der Waals surface area (Å²) in [4.78, 5) is 8.25. The molecule has 3 heteroatoms. The van der Waals surface area contributed by atoms with Gasteiger partial charge in [-0.05, 0) is 32.1 Å². The fraction of sp³-hybridized carbons (Fsp3) is 0.966. The summed E-state index contributed by atoms with van der Waals surface area (Å²) in [6.45, 7) is 14.7. The molecule has 0 bridgehead atoms. The molecule has 0 atom stereocenters. The zero-order valence-electron chi connectivity index (χ0n) is 22.8. The minimum absolute atomic E-state index is 0.500. The summed E-state index contributed by atoms with van der Waals surface area (Å²) < 4.78 is 1.44. The molecule has 0 aliphatic rings. The number of rotatable bonds is 24. The van der Waals surface area contributed by atoms with Crippen molar-refractivity contribution < 1.29 is 14.4 Å². The quantitative estimate of drug-likeness (QED) is 0.0838. The first-order valence-electron chi connectivity index (χ1n) is 14.6. The van der Waals surface area contributed by atoms with E-state index in [0.717, 1.165) is 0 Å². The highest BCUT2D eigenvalue weighted by Gasteiger charge is 2.24. The highest BCUT2D eigenvalue weighted by Crippen LogP contribution is 2.18. The van der Waals surface area contributed by atoms with Crippen molar-refractivity contribution >= 4 is 6.47 Å². The van der Waals surface area contributed by atoms with E-state index in [1.807, 2.05) is 0 Å². The third kappa shape index (κ3) is 24.1. The van der Waals surface area contributed by atoms with Crippen LogP contribution in [0.25, 0.3) is 0 Å². The van der Waals surface area contributed by atoms with Crippen LogP contribution in [0.1, 0.15) is 156 Å². The van der Waals surface area contributed by atoms with Crippen LogP contribution in [0.15, 0.2) is 0 Å². The number of carbonyl (C=O) groups is 1. The lowest BCUT2D eigenvalue weighted by atomic mass is 10.0. The second-order valence-electron chi connectivity index (χ2n) is 9.99. The molecular formula is C29H61NO2. The van der Waals surface area contributed by atoms with Gasteiger partial charge >= 0.3 is 0 Å². The summed E-state index contributed by atoms with van der Waals surface area (Å²) in [7, 11) is 0. The molecule has 0 heterocycles. The van der Waals surface area contributed by atoms with E-state index >= 15 is 0 Å². The topological polar surface area (TPSA) is 40.1 Å². The summed E-state index contributed by atoms with van der Waals surface area (Å²) in [5, 5.41) is 8.25. The molecule has 0 aromatic heterocycles. The predicted octanol–water partition coefficient (Wildman–Crippen LogP) is 8.05. The van der Waals surface area contributed by atoms with Gasteiger partial charge in [0.15, 0.2) is 0 Å². The molecular weight excluding hydrogens is 394 g/mol. The van der Waals surface area contributed by atoms with Gasteiger partial charge in [-0.1, -0.05) is 124 Å². The van der Waals surface area contributed by atoms with Crippen molar-refractivity contribution in [2.45, 2.75) is 156 Å². The van der Waals surface area contributed by atoms with E-state index in [1.54, 1.807) is 0 Å². The minimum Gasteiger partial charge on any atom is -0.554 e. The fourth-order valence-corrected chi connectivity index (χ4v) is 4.79. The van der Waals surface area contributed by atoms with Gasteiger partial charge in [-0.2, -0.15) is 0 Å². The number of carbonyl (C=O) groups excluding carboxylic acids is 1. The van der Waals surface area contributed by atoms with Gasteiger partial charge in [-0.3, -0.25) is 0 Å². The lowest BCUT2D eigenvalue weighted by Gasteiger charge is -2.39. The van der Waals surface area contributed by atoms with Crippen LogP contribution in [0, 0.1) is 0 Å². The Morgan fingerprint density at radius 1 is 0.438 bits per heavy atom. The summed E-state index contributed by atoms with van der Waals surface area (Å²) in [6.07, 6.45) is 28.9. The predicted molar refractivity (Wildman–Crippen MR) is 141 cm³/mol. The van der Waals surface area contributed by atoms with Crippen LogP contribution in [-0.4, -0.2) is 37.1 Å². The van der Waals surface area contributed by atoms with Crippen LogP contribution >= 0.6 is 0 Å². The molecule has 0 aromatic carbocycles. The molecule has 0 aliphatic heterocycles. The van der Waals surface area contributed by atoms with Gasteiger partial charge in [0.25, 0.3) is 0 Å². The van der Waals surface area contributed by atoms with E-state index in [9.17, 15) is 0 Å². The maximum Gasteiger partial charge on any atom is 0.0786 e. The molecule has 0 N–H and O–H groups in total. The summed E-state index contributed by atoms with van der Waals surface area (Å²) in [5.74, 6) is 0. The Morgan fingerprint density at radius 2 is 0.656 bits per heavy atom. The molecule has 0 amide bonds. The van der Waals surface area contributed by atoms with Crippen LogP contribution < -0.4 is 5.11 Å². The van der Waals surface area contributed by atoms with Crippen molar-refractivity contribution in [1.82, 2.24) is 0 Å². The van der Waals surface area contributed by atoms with E-state index in [-0.39, 0.29) is 0 Å². The maximum absolute atomic E-state index is 8.25. The summed E-state index contributed by atoms with van der Waals surface area (Å²) in [5.41, 5.74) is 0. The lowest BCUT2D eigenvalue weighted by Crippen LogP contribution is -2.50. The standard InChI is InChI=1S/C28H60N.CH2O2/c1-5-9-13-14-15-16-17-18-19-20-21-22-23-24-28-29(25-10-6-2,26-11-7-3)27-12-8-4;2-1-3/h5-28H2,1-4H3;1H,(H,2,3)/q+1;/p-1. The van der Waals surface area contributed by atoms with Crippen LogP contribution in [0.5, 0.6) is 0 Å². The van der Waals surface area contributed by atoms with E-state index in [1.165, 1.54) is 159 Å². The Kier molecular flexibility index (Phi) is 29.9. The third-order valence-electron chi connectivity index (χ3n) is 6.94. The molecule has 0 spiro atoms. The molecule has 0 unspecified atom stereocenters. The Bertz CT molecular complexity index is 324. The molecule has 0 radical (unpaired) electrons. The Morgan fingerprint density at radius 3 is 0.938 bits per heavy atom. The first-order valence-corrected chi connectivity index (χ1v) is 14.6. The monoisotopic (exact) mass is 455 g/mol. The van der Waals surface area contributed by atoms with E-state index in [2.05, 4.69) is 27.7 Å². The number of nitrogens with zero attached hydrogens (tertiary/aromatic N) is 1. The molecule has 0 fully saturated rings. The summed E-state index contributed by atoms with van der Waals surface area (Å²) in [6, 6.07) is 0. The Labute approximate surface area is 203 Å². The second kappa shape index (κ2) is 28.5. The van der Waals surface area contributed by atoms with Crippen LogP contribution in [0.2, 0.25) is 0 Å². The van der Waals surface area contributed by atoms with Gasteiger partial charge in [0, 0.05) is 6.47 Å². The molecule has 32 heavy (non-hydrogen) atoms. The zero-order valence-corrected chi connectivity index (χ0v) is 22.8. The second-order valence-corrected chi connectivity index (χ2v) is 9.99. The molecule has 0 rings (SSSR count). The van der Waals surface area contributed by atoms with Gasteiger partial charge < -0.3 is 14.4 Å². The van der Waals surface area contributed by atoms with Crippen LogP contribution in [0.4, 0.5) is 0 Å². The van der Waals surface area contributed by atoms with Crippen molar-refractivity contribution in [2.24, 2.45) is 0 Å². The smallest absolute Gasteiger partial charge is 0.0786 e.